The first kappa shape index (κ1) is 16.0. The second kappa shape index (κ2) is 6.62. The zero-order valence-electron chi connectivity index (χ0n) is 13.1. The Labute approximate surface area is 129 Å². The highest BCUT2D eigenvalue weighted by atomic mass is 16.3. The molecule has 1 aromatic carbocycles. The Balaban J connectivity index is 2.50. The Kier molecular flexibility index (Phi) is 4.82. The molecule has 0 atom stereocenters. The maximum absolute atomic E-state index is 12.5. The van der Waals surface area contributed by atoms with Gasteiger partial charge in [-0.2, -0.15) is 0 Å². The molecule has 1 aromatic heterocycles. The molecule has 0 aliphatic carbocycles. The summed E-state index contributed by atoms with van der Waals surface area (Å²) in [6, 6.07) is 7.03. The van der Waals surface area contributed by atoms with Crippen molar-refractivity contribution < 1.29 is 14.8 Å². The van der Waals surface area contributed by atoms with Crippen molar-refractivity contribution in [3.05, 3.63) is 40.2 Å². The van der Waals surface area contributed by atoms with Gasteiger partial charge in [-0.15, -0.1) is 0 Å². The summed E-state index contributed by atoms with van der Waals surface area (Å²) >= 11 is 0. The monoisotopic (exact) mass is 304 g/mol. The number of hydrogen-bond donors (Lipinski definition) is 3. The van der Waals surface area contributed by atoms with Crippen LogP contribution in [0.3, 0.4) is 0 Å². The first-order chi connectivity index (χ1) is 10.5. The van der Waals surface area contributed by atoms with E-state index in [1.165, 1.54) is 9.47 Å². The second-order valence-electron chi connectivity index (χ2n) is 5.50. The molecule has 0 saturated heterocycles. The van der Waals surface area contributed by atoms with E-state index in [2.05, 4.69) is 5.32 Å². The molecule has 0 bridgehead atoms. The van der Waals surface area contributed by atoms with Crippen molar-refractivity contribution in [3.63, 3.8) is 0 Å². The first-order valence-corrected chi connectivity index (χ1v) is 7.39. The summed E-state index contributed by atoms with van der Waals surface area (Å²) in [5.41, 5.74) is -0.0236. The van der Waals surface area contributed by atoms with Crippen LogP contribution in [0, 0.1) is 0 Å². The molecular formula is C16H22N3O3+. The van der Waals surface area contributed by atoms with Crippen LogP contribution in [0.4, 0.5) is 0 Å². The van der Waals surface area contributed by atoms with Gasteiger partial charge in [0.1, 0.15) is 11.3 Å². The quantitative estimate of drug-likeness (QED) is 0.704. The lowest BCUT2D eigenvalue weighted by Crippen LogP contribution is -3.06. The summed E-state index contributed by atoms with van der Waals surface area (Å²) < 4.78 is 1.50. The Morgan fingerprint density at radius 2 is 2.00 bits per heavy atom. The summed E-state index contributed by atoms with van der Waals surface area (Å²) in [4.78, 5) is 26.0. The number of aromatic hydroxyl groups is 1. The van der Waals surface area contributed by atoms with Gasteiger partial charge in [0.05, 0.1) is 32.7 Å². The number of benzene rings is 1. The molecule has 118 valence electrons. The van der Waals surface area contributed by atoms with Gasteiger partial charge in [0.15, 0.2) is 0 Å². The Bertz CT molecular complexity index is 750. The lowest BCUT2D eigenvalue weighted by Gasteiger charge is -2.14. The number of carbonyl (C=O) groups is 1. The van der Waals surface area contributed by atoms with Gasteiger partial charge in [-0.1, -0.05) is 12.1 Å². The minimum absolute atomic E-state index is 0.186. The van der Waals surface area contributed by atoms with E-state index in [0.29, 0.717) is 24.0 Å². The molecule has 0 saturated carbocycles. The number of carbonyl (C=O) groups excluding carboxylic acids is 1. The number of fused-ring (bicyclic) bond motifs is 1. The van der Waals surface area contributed by atoms with Gasteiger partial charge in [0.2, 0.25) is 0 Å². The highest BCUT2D eigenvalue weighted by Gasteiger charge is 2.21. The standard InChI is InChI=1S/C16H21N3O3/c1-4-19-12-8-6-5-7-11(12)14(20)13(16(19)22)15(21)17-9-10-18(2)3/h5-8,20H,4,9-10H2,1-3H3,(H,17,21)/p+1. The highest BCUT2D eigenvalue weighted by Crippen LogP contribution is 2.25. The summed E-state index contributed by atoms with van der Waals surface area (Å²) in [6.45, 7) is 3.45. The van der Waals surface area contributed by atoms with E-state index >= 15 is 0 Å². The third kappa shape index (κ3) is 2.96. The molecule has 3 N–H and O–H groups in total. The molecule has 0 aliphatic heterocycles. The van der Waals surface area contributed by atoms with E-state index in [-0.39, 0.29) is 11.3 Å². The van der Waals surface area contributed by atoms with Gasteiger partial charge in [-0.25, -0.2) is 0 Å². The molecule has 1 amide bonds. The lowest BCUT2D eigenvalue weighted by molar-refractivity contribution is -0.856. The number of nitrogens with one attached hydrogen (secondary N) is 2. The van der Waals surface area contributed by atoms with Gasteiger partial charge in [-0.05, 0) is 19.1 Å². The van der Waals surface area contributed by atoms with Crippen LogP contribution >= 0.6 is 0 Å². The minimum atomic E-state index is -0.531. The molecule has 2 rings (SSSR count). The molecule has 0 aliphatic rings. The van der Waals surface area contributed by atoms with Gasteiger partial charge in [-0.3, -0.25) is 9.59 Å². The number of amides is 1. The van der Waals surface area contributed by atoms with Crippen molar-refractivity contribution in [3.8, 4) is 5.75 Å². The van der Waals surface area contributed by atoms with Crippen LogP contribution in [0.1, 0.15) is 17.3 Å². The molecule has 1 heterocycles. The smallest absolute Gasteiger partial charge is 0.267 e. The van der Waals surface area contributed by atoms with Crippen molar-refractivity contribution >= 4 is 16.8 Å². The Morgan fingerprint density at radius 3 is 2.64 bits per heavy atom. The van der Waals surface area contributed by atoms with Gasteiger partial charge >= 0.3 is 0 Å². The van der Waals surface area contributed by atoms with Crippen molar-refractivity contribution in [2.24, 2.45) is 0 Å². The van der Waals surface area contributed by atoms with E-state index < -0.39 is 11.5 Å². The summed E-state index contributed by atoms with van der Waals surface area (Å²) in [5, 5.41) is 13.6. The molecule has 0 spiro atoms. The number of aromatic nitrogens is 1. The van der Waals surface area contributed by atoms with Crippen LogP contribution in [0.15, 0.2) is 29.1 Å². The van der Waals surface area contributed by atoms with Crippen LogP contribution in [-0.2, 0) is 6.54 Å². The van der Waals surface area contributed by atoms with Crippen molar-refractivity contribution in [1.29, 1.82) is 0 Å². The molecule has 0 fully saturated rings. The molecule has 6 heteroatoms. The summed E-state index contributed by atoms with van der Waals surface area (Å²) in [7, 11) is 3.95. The topological polar surface area (TPSA) is 75.8 Å². The van der Waals surface area contributed by atoms with Crippen LogP contribution < -0.4 is 15.8 Å². The second-order valence-corrected chi connectivity index (χ2v) is 5.50. The lowest BCUT2D eigenvalue weighted by atomic mass is 10.1. The SMILES string of the molecule is CCn1c(=O)c(C(=O)NCC[NH+](C)C)c(O)c2ccccc21. The number of rotatable bonds is 5. The van der Waals surface area contributed by atoms with Gasteiger partial charge < -0.3 is 19.9 Å². The fourth-order valence-corrected chi connectivity index (χ4v) is 2.42. The Morgan fingerprint density at radius 1 is 1.32 bits per heavy atom. The van der Waals surface area contributed by atoms with E-state index in [1.807, 2.05) is 21.0 Å². The summed E-state index contributed by atoms with van der Waals surface area (Å²) in [6.07, 6.45) is 0. The zero-order valence-corrected chi connectivity index (χ0v) is 13.1. The predicted octanol–water partition coefficient (Wildman–Crippen LogP) is -0.399. The van der Waals surface area contributed by atoms with Crippen molar-refractivity contribution in [1.82, 2.24) is 9.88 Å². The van der Waals surface area contributed by atoms with Crippen molar-refractivity contribution in [2.75, 3.05) is 27.2 Å². The number of aryl methyl sites for hydroxylation is 1. The molecular weight excluding hydrogens is 282 g/mol. The van der Waals surface area contributed by atoms with Crippen molar-refractivity contribution in [2.45, 2.75) is 13.5 Å². The largest absolute Gasteiger partial charge is 0.506 e. The molecule has 22 heavy (non-hydrogen) atoms. The van der Waals surface area contributed by atoms with Crippen LogP contribution in [0.25, 0.3) is 10.9 Å². The fourth-order valence-electron chi connectivity index (χ4n) is 2.42. The summed E-state index contributed by atoms with van der Waals surface area (Å²) in [5.74, 6) is -0.781. The number of pyridine rings is 1. The van der Waals surface area contributed by atoms with Crippen LogP contribution in [-0.4, -0.2) is 42.8 Å². The van der Waals surface area contributed by atoms with E-state index in [1.54, 1.807) is 24.3 Å². The van der Waals surface area contributed by atoms with E-state index in [9.17, 15) is 14.7 Å². The Hall–Kier alpha value is -2.34. The van der Waals surface area contributed by atoms with Gasteiger partial charge in [0.25, 0.3) is 11.5 Å². The maximum atomic E-state index is 12.5. The molecule has 0 radical (unpaired) electrons. The third-order valence-corrected chi connectivity index (χ3v) is 3.60. The third-order valence-electron chi connectivity index (χ3n) is 3.60. The number of likely N-dealkylation sites (N-methyl/N-ethyl adjacent to an activating group) is 1. The number of nitrogens with zero attached hydrogens (tertiary/aromatic N) is 1. The van der Waals surface area contributed by atoms with Crippen LogP contribution in [0.2, 0.25) is 0 Å². The average molecular weight is 304 g/mol. The van der Waals surface area contributed by atoms with Gasteiger partial charge in [0, 0.05) is 11.9 Å². The highest BCUT2D eigenvalue weighted by molar-refractivity contribution is 6.02. The van der Waals surface area contributed by atoms with Crippen LogP contribution in [0.5, 0.6) is 5.75 Å². The number of hydrogen-bond acceptors (Lipinski definition) is 3. The predicted molar refractivity (Wildman–Crippen MR) is 85.6 cm³/mol. The zero-order chi connectivity index (χ0) is 16.3. The normalized spacial score (nSPS) is 11.1. The minimum Gasteiger partial charge on any atom is -0.506 e. The molecule has 0 unspecified atom stereocenters. The number of para-hydroxylation sites is 1. The molecule has 2 aromatic rings. The first-order valence-electron chi connectivity index (χ1n) is 7.39. The molecule has 6 nitrogen and oxygen atoms in total. The average Bonchev–Trinajstić information content (AvgIpc) is 2.47. The van der Waals surface area contributed by atoms with E-state index in [4.69, 9.17) is 0 Å². The maximum Gasteiger partial charge on any atom is 0.267 e. The van der Waals surface area contributed by atoms with E-state index in [0.717, 1.165) is 6.54 Å². The fraction of sp³-hybridized carbons (Fsp3) is 0.375. The number of quaternary nitrogens is 1.